The summed E-state index contributed by atoms with van der Waals surface area (Å²) in [6.45, 7) is 5.47. The average Bonchev–Trinajstić information content (AvgIpc) is 2.96. The topological polar surface area (TPSA) is 66.5 Å². The normalized spacial score (nSPS) is 34.9. The van der Waals surface area contributed by atoms with Crippen LogP contribution in [-0.2, 0) is 14.4 Å². The summed E-state index contributed by atoms with van der Waals surface area (Å²) in [6.07, 6.45) is 5.01. The molecule has 4 atom stereocenters. The number of likely N-dealkylation sites (tertiary alicyclic amines) is 1. The number of nitrogens with one attached hydrogen (secondary N) is 1. The van der Waals surface area contributed by atoms with E-state index in [1.54, 1.807) is 0 Å². The van der Waals surface area contributed by atoms with E-state index in [2.05, 4.69) is 17.5 Å². The van der Waals surface area contributed by atoms with Gasteiger partial charge in [0, 0.05) is 5.54 Å². The number of allylic oxidation sites excluding steroid dienone is 2. The molecule has 1 saturated heterocycles. The molecule has 1 aliphatic heterocycles. The smallest absolute Gasteiger partial charge is 0.240 e. The molecule has 2 bridgehead atoms. The number of hydrogen-bond acceptors (Lipinski definition) is 3. The van der Waals surface area contributed by atoms with Crippen molar-refractivity contribution >= 4 is 17.7 Å². The fraction of sp³-hybridized carbons (Fsp3) is 0.667. The standard InChI is InChI=1S/C15H20N2O3/c1-15(2,3)16-10(18)7-17-13(19)11-8-4-5-9(6-8)12(11)14(17)20/h4-5,8-9,11-12H,6-7H2,1-3H3,(H,16,18). The van der Waals surface area contributed by atoms with Crippen LogP contribution in [-0.4, -0.2) is 34.7 Å². The lowest BCUT2D eigenvalue weighted by molar-refractivity contribution is -0.144. The Hall–Kier alpha value is -1.65. The van der Waals surface area contributed by atoms with Crippen molar-refractivity contribution in [1.82, 2.24) is 10.2 Å². The first kappa shape index (κ1) is 13.3. The van der Waals surface area contributed by atoms with Crippen LogP contribution in [0, 0.1) is 23.7 Å². The van der Waals surface area contributed by atoms with Crippen LogP contribution in [0.15, 0.2) is 12.2 Å². The number of imide groups is 1. The summed E-state index contributed by atoms with van der Waals surface area (Å²) in [5, 5.41) is 2.79. The van der Waals surface area contributed by atoms with Crippen molar-refractivity contribution in [2.75, 3.05) is 6.54 Å². The second kappa shape index (κ2) is 4.17. The zero-order valence-electron chi connectivity index (χ0n) is 12.1. The molecule has 5 heteroatoms. The summed E-state index contributed by atoms with van der Waals surface area (Å²) < 4.78 is 0. The molecular formula is C15H20N2O3. The molecule has 1 saturated carbocycles. The molecule has 0 aromatic carbocycles. The highest BCUT2D eigenvalue weighted by Crippen LogP contribution is 2.52. The molecule has 3 amide bonds. The van der Waals surface area contributed by atoms with Crippen molar-refractivity contribution in [2.24, 2.45) is 23.7 Å². The summed E-state index contributed by atoms with van der Waals surface area (Å²) in [4.78, 5) is 37.8. The maximum atomic E-state index is 12.4. The number of carbonyl (C=O) groups is 3. The van der Waals surface area contributed by atoms with E-state index in [9.17, 15) is 14.4 Å². The highest BCUT2D eigenvalue weighted by atomic mass is 16.2. The second-order valence-corrected chi connectivity index (χ2v) is 7.06. The van der Waals surface area contributed by atoms with Gasteiger partial charge in [0.15, 0.2) is 0 Å². The van der Waals surface area contributed by atoms with Gasteiger partial charge in [0.1, 0.15) is 6.54 Å². The molecule has 3 rings (SSSR count). The van der Waals surface area contributed by atoms with Gasteiger partial charge in [-0.15, -0.1) is 0 Å². The van der Waals surface area contributed by atoms with E-state index >= 15 is 0 Å². The molecular weight excluding hydrogens is 256 g/mol. The third-order valence-corrected chi connectivity index (χ3v) is 4.38. The zero-order chi connectivity index (χ0) is 14.7. The fourth-order valence-electron chi connectivity index (χ4n) is 3.72. The second-order valence-electron chi connectivity index (χ2n) is 7.06. The first-order valence-corrected chi connectivity index (χ1v) is 7.12. The molecule has 0 radical (unpaired) electrons. The molecule has 20 heavy (non-hydrogen) atoms. The van der Waals surface area contributed by atoms with Gasteiger partial charge < -0.3 is 5.32 Å². The van der Waals surface area contributed by atoms with Gasteiger partial charge in [-0.3, -0.25) is 19.3 Å². The minimum absolute atomic E-state index is 0.151. The van der Waals surface area contributed by atoms with E-state index in [0.717, 1.165) is 11.3 Å². The molecule has 4 unspecified atom stereocenters. The molecule has 0 aromatic heterocycles. The molecule has 1 N–H and O–H groups in total. The Kier molecular flexibility index (Phi) is 2.78. The third-order valence-electron chi connectivity index (χ3n) is 4.38. The first-order chi connectivity index (χ1) is 9.28. The van der Waals surface area contributed by atoms with Crippen molar-refractivity contribution in [2.45, 2.75) is 32.7 Å². The van der Waals surface area contributed by atoms with Gasteiger partial charge in [0.05, 0.1) is 11.8 Å². The van der Waals surface area contributed by atoms with Gasteiger partial charge >= 0.3 is 0 Å². The summed E-state index contributed by atoms with van der Waals surface area (Å²) >= 11 is 0. The Bertz CT molecular complexity index is 488. The van der Waals surface area contributed by atoms with Crippen LogP contribution >= 0.6 is 0 Å². The fourth-order valence-corrected chi connectivity index (χ4v) is 3.72. The predicted molar refractivity (Wildman–Crippen MR) is 72.3 cm³/mol. The lowest BCUT2D eigenvalue weighted by atomic mass is 9.85. The number of amides is 3. The monoisotopic (exact) mass is 276 g/mol. The highest BCUT2D eigenvalue weighted by molar-refractivity contribution is 6.08. The Morgan fingerprint density at radius 3 is 2.15 bits per heavy atom. The summed E-state index contributed by atoms with van der Waals surface area (Å²) in [6, 6.07) is 0. The lowest BCUT2D eigenvalue weighted by Crippen LogP contribution is -2.47. The minimum atomic E-state index is -0.362. The van der Waals surface area contributed by atoms with Crippen molar-refractivity contribution in [3.05, 3.63) is 12.2 Å². The van der Waals surface area contributed by atoms with Crippen LogP contribution in [0.3, 0.4) is 0 Å². The summed E-state index contributed by atoms with van der Waals surface area (Å²) in [7, 11) is 0. The Labute approximate surface area is 118 Å². The minimum Gasteiger partial charge on any atom is -0.350 e. The van der Waals surface area contributed by atoms with Crippen LogP contribution < -0.4 is 5.32 Å². The van der Waals surface area contributed by atoms with Gasteiger partial charge in [-0.2, -0.15) is 0 Å². The number of rotatable bonds is 2. The van der Waals surface area contributed by atoms with Crippen LogP contribution in [0.2, 0.25) is 0 Å². The number of fused-ring (bicyclic) bond motifs is 5. The molecule has 0 aromatic rings. The number of carbonyl (C=O) groups excluding carboxylic acids is 3. The SMILES string of the molecule is CC(C)(C)NC(=O)CN1C(=O)C2C3C=CC(C3)C2C1=O. The third kappa shape index (κ3) is 1.96. The van der Waals surface area contributed by atoms with Gasteiger partial charge in [0.2, 0.25) is 17.7 Å². The van der Waals surface area contributed by atoms with Crippen molar-refractivity contribution in [3.8, 4) is 0 Å². The maximum Gasteiger partial charge on any atom is 0.240 e. The van der Waals surface area contributed by atoms with Crippen LogP contribution in [0.25, 0.3) is 0 Å². The van der Waals surface area contributed by atoms with E-state index in [4.69, 9.17) is 0 Å². The highest BCUT2D eigenvalue weighted by Gasteiger charge is 2.59. The summed E-state index contributed by atoms with van der Waals surface area (Å²) in [5.74, 6) is -0.671. The molecule has 2 aliphatic carbocycles. The Morgan fingerprint density at radius 1 is 1.20 bits per heavy atom. The van der Waals surface area contributed by atoms with Gasteiger partial charge in [-0.1, -0.05) is 12.2 Å². The van der Waals surface area contributed by atoms with Gasteiger partial charge in [0.25, 0.3) is 0 Å². The first-order valence-electron chi connectivity index (χ1n) is 7.12. The number of hydrogen-bond donors (Lipinski definition) is 1. The summed E-state index contributed by atoms with van der Waals surface area (Å²) in [5.41, 5.74) is -0.362. The Morgan fingerprint density at radius 2 is 1.70 bits per heavy atom. The van der Waals surface area contributed by atoms with E-state index < -0.39 is 0 Å². The van der Waals surface area contributed by atoms with Crippen LogP contribution in [0.4, 0.5) is 0 Å². The largest absolute Gasteiger partial charge is 0.350 e. The van der Waals surface area contributed by atoms with E-state index in [-0.39, 0.29) is 53.5 Å². The van der Waals surface area contributed by atoms with Crippen LogP contribution in [0.5, 0.6) is 0 Å². The van der Waals surface area contributed by atoms with E-state index in [1.807, 2.05) is 20.8 Å². The lowest BCUT2D eigenvalue weighted by Gasteiger charge is -2.23. The molecule has 2 fully saturated rings. The number of nitrogens with zero attached hydrogens (tertiary/aromatic N) is 1. The van der Waals surface area contributed by atoms with E-state index in [0.29, 0.717) is 0 Å². The van der Waals surface area contributed by atoms with Crippen molar-refractivity contribution in [1.29, 1.82) is 0 Å². The Balaban J connectivity index is 1.72. The molecule has 1 heterocycles. The maximum absolute atomic E-state index is 12.4. The van der Waals surface area contributed by atoms with Crippen molar-refractivity contribution < 1.29 is 14.4 Å². The molecule has 5 nitrogen and oxygen atoms in total. The molecule has 3 aliphatic rings. The van der Waals surface area contributed by atoms with Crippen molar-refractivity contribution in [3.63, 3.8) is 0 Å². The predicted octanol–water partition coefficient (Wildman–Crippen LogP) is 0.708. The average molecular weight is 276 g/mol. The quantitative estimate of drug-likeness (QED) is 0.596. The van der Waals surface area contributed by atoms with E-state index in [1.165, 1.54) is 0 Å². The molecule has 0 spiro atoms. The molecule has 108 valence electrons. The van der Waals surface area contributed by atoms with Gasteiger partial charge in [-0.25, -0.2) is 0 Å². The zero-order valence-corrected chi connectivity index (χ0v) is 12.1. The van der Waals surface area contributed by atoms with Crippen LogP contribution in [0.1, 0.15) is 27.2 Å². The van der Waals surface area contributed by atoms with Gasteiger partial charge in [-0.05, 0) is 39.0 Å².